The van der Waals surface area contributed by atoms with Crippen molar-refractivity contribution in [1.82, 2.24) is 4.90 Å². The second-order valence-electron chi connectivity index (χ2n) is 5.36. The summed E-state index contributed by atoms with van der Waals surface area (Å²) in [7, 11) is 0. The number of aliphatic hydroxyl groups is 1. The smallest absolute Gasteiger partial charge is 0.260 e. The number of aliphatic hydroxyl groups excluding tert-OH is 1. The van der Waals surface area contributed by atoms with E-state index in [1.54, 1.807) is 24.3 Å². The predicted octanol–water partition coefficient (Wildman–Crippen LogP) is 1.45. The Kier molecular flexibility index (Phi) is 3.11. The lowest BCUT2D eigenvalue weighted by Gasteiger charge is -2.34. The summed E-state index contributed by atoms with van der Waals surface area (Å²) >= 11 is 0. The summed E-state index contributed by atoms with van der Waals surface area (Å²) in [6.45, 7) is 0.421. The summed E-state index contributed by atoms with van der Waals surface area (Å²) in [6.07, 6.45) is 1.72. The Bertz CT molecular complexity index is 499. The molecule has 1 aromatic rings. The molecule has 4 heteroatoms. The molecule has 3 atom stereocenters. The largest absolute Gasteiger partial charge is 0.393 e. The average molecular weight is 259 g/mol. The van der Waals surface area contributed by atoms with Crippen LogP contribution in [-0.4, -0.2) is 34.5 Å². The minimum absolute atomic E-state index is 0.0484. The third-order valence-electron chi connectivity index (χ3n) is 4.32. The topological polar surface area (TPSA) is 57.6 Å². The number of hydrogen-bond acceptors (Lipinski definition) is 3. The van der Waals surface area contributed by atoms with Crippen LogP contribution >= 0.6 is 0 Å². The molecule has 100 valence electrons. The minimum atomic E-state index is -0.372. The molecule has 0 bridgehead atoms. The molecule has 19 heavy (non-hydrogen) atoms. The van der Waals surface area contributed by atoms with E-state index in [0.29, 0.717) is 24.9 Å². The van der Waals surface area contributed by atoms with Gasteiger partial charge in [-0.2, -0.15) is 0 Å². The van der Waals surface area contributed by atoms with Crippen LogP contribution in [0.3, 0.4) is 0 Å². The summed E-state index contributed by atoms with van der Waals surface area (Å²) in [5.74, 6) is -0.448. The molecule has 0 unspecified atom stereocenters. The Hall–Kier alpha value is -1.68. The Labute approximate surface area is 112 Å². The van der Waals surface area contributed by atoms with Gasteiger partial charge in [0.1, 0.15) is 0 Å². The van der Waals surface area contributed by atoms with Crippen LogP contribution in [0.25, 0.3) is 0 Å². The molecule has 1 N–H and O–H groups in total. The first kappa shape index (κ1) is 12.4. The highest BCUT2D eigenvalue weighted by atomic mass is 16.3. The van der Waals surface area contributed by atoms with E-state index in [9.17, 15) is 14.7 Å². The lowest BCUT2D eigenvalue weighted by Crippen LogP contribution is -2.48. The molecule has 0 spiro atoms. The maximum atomic E-state index is 12.4. The van der Waals surface area contributed by atoms with Crippen LogP contribution in [0.2, 0.25) is 0 Å². The Balaban J connectivity index is 1.80. The number of hydrogen-bond donors (Lipinski definition) is 1. The highest BCUT2D eigenvalue weighted by Gasteiger charge is 2.45. The molecular weight excluding hydrogens is 242 g/mol. The number of benzene rings is 1. The van der Waals surface area contributed by atoms with Crippen LogP contribution in [0.15, 0.2) is 30.3 Å². The number of imide groups is 1. The number of rotatable bonds is 1. The van der Waals surface area contributed by atoms with Crippen molar-refractivity contribution < 1.29 is 14.7 Å². The maximum Gasteiger partial charge on any atom is 0.260 e. The van der Waals surface area contributed by atoms with Gasteiger partial charge in [-0.25, -0.2) is 0 Å². The van der Waals surface area contributed by atoms with Gasteiger partial charge in [0.25, 0.3) is 5.91 Å². The van der Waals surface area contributed by atoms with Crippen LogP contribution in [-0.2, 0) is 4.79 Å². The maximum absolute atomic E-state index is 12.4. The molecule has 1 saturated carbocycles. The van der Waals surface area contributed by atoms with Gasteiger partial charge in [-0.15, -0.1) is 0 Å². The van der Waals surface area contributed by atoms with Gasteiger partial charge in [-0.05, 0) is 37.3 Å². The Morgan fingerprint density at radius 2 is 1.89 bits per heavy atom. The van der Waals surface area contributed by atoms with Crippen molar-refractivity contribution in [2.75, 3.05) is 6.54 Å². The molecule has 3 rings (SSSR count). The molecular formula is C15H17NO3. The van der Waals surface area contributed by atoms with Gasteiger partial charge in [0.05, 0.1) is 6.10 Å². The molecule has 4 nitrogen and oxygen atoms in total. The predicted molar refractivity (Wildman–Crippen MR) is 69.3 cm³/mol. The molecule has 1 aromatic carbocycles. The lowest BCUT2D eigenvalue weighted by molar-refractivity contribution is -0.138. The number of likely N-dealkylation sites (tertiary alicyclic amines) is 1. The number of piperidine rings is 1. The van der Waals surface area contributed by atoms with Crippen molar-refractivity contribution in [2.24, 2.45) is 11.8 Å². The first-order valence-corrected chi connectivity index (χ1v) is 6.77. The molecule has 1 heterocycles. The van der Waals surface area contributed by atoms with Gasteiger partial charge in [-0.1, -0.05) is 18.2 Å². The first-order chi connectivity index (χ1) is 9.18. The van der Waals surface area contributed by atoms with E-state index in [2.05, 4.69) is 0 Å². The van der Waals surface area contributed by atoms with E-state index >= 15 is 0 Å². The van der Waals surface area contributed by atoms with Gasteiger partial charge in [0.2, 0.25) is 5.91 Å². The minimum Gasteiger partial charge on any atom is -0.393 e. The van der Waals surface area contributed by atoms with E-state index in [4.69, 9.17) is 0 Å². The summed E-state index contributed by atoms with van der Waals surface area (Å²) in [5.41, 5.74) is 0.549. The summed E-state index contributed by atoms with van der Waals surface area (Å²) < 4.78 is 0. The second kappa shape index (κ2) is 4.78. The molecule has 1 saturated heterocycles. The fraction of sp³-hybridized carbons (Fsp3) is 0.467. The van der Waals surface area contributed by atoms with Crippen molar-refractivity contribution in [1.29, 1.82) is 0 Å². The highest BCUT2D eigenvalue weighted by Crippen LogP contribution is 2.39. The number of carbonyl (C=O) groups excluding carboxylic acids is 2. The van der Waals surface area contributed by atoms with Crippen LogP contribution < -0.4 is 0 Å². The number of nitrogens with zero attached hydrogens (tertiary/aromatic N) is 1. The number of carbonyl (C=O) groups is 2. The van der Waals surface area contributed by atoms with Crippen molar-refractivity contribution in [3.63, 3.8) is 0 Å². The zero-order valence-corrected chi connectivity index (χ0v) is 10.7. The van der Waals surface area contributed by atoms with Gasteiger partial charge >= 0.3 is 0 Å². The normalized spacial score (nSPS) is 30.3. The van der Waals surface area contributed by atoms with E-state index in [-0.39, 0.29) is 29.8 Å². The summed E-state index contributed by atoms with van der Waals surface area (Å²) in [4.78, 5) is 26.0. The molecule has 1 aliphatic carbocycles. The lowest BCUT2D eigenvalue weighted by atomic mass is 9.86. The van der Waals surface area contributed by atoms with Gasteiger partial charge in [0, 0.05) is 18.0 Å². The third kappa shape index (κ3) is 2.06. The molecule has 2 aliphatic rings. The van der Waals surface area contributed by atoms with Crippen molar-refractivity contribution in [2.45, 2.75) is 25.4 Å². The zero-order chi connectivity index (χ0) is 13.4. The molecule has 0 aromatic heterocycles. The molecule has 2 fully saturated rings. The second-order valence-corrected chi connectivity index (χ2v) is 5.36. The number of amides is 2. The summed E-state index contributed by atoms with van der Waals surface area (Å²) in [6, 6.07) is 8.89. The molecule has 1 aliphatic heterocycles. The van der Waals surface area contributed by atoms with Crippen LogP contribution in [0.1, 0.15) is 29.6 Å². The van der Waals surface area contributed by atoms with E-state index in [1.807, 2.05) is 6.07 Å². The van der Waals surface area contributed by atoms with E-state index < -0.39 is 0 Å². The zero-order valence-electron chi connectivity index (χ0n) is 10.7. The van der Waals surface area contributed by atoms with Crippen molar-refractivity contribution >= 4 is 11.8 Å². The highest BCUT2D eigenvalue weighted by molar-refractivity contribution is 6.05. The number of fused-ring (bicyclic) bond motifs is 1. The molecule has 0 radical (unpaired) electrons. The van der Waals surface area contributed by atoms with Crippen LogP contribution in [0.4, 0.5) is 0 Å². The summed E-state index contributed by atoms with van der Waals surface area (Å²) in [5, 5.41) is 9.83. The van der Waals surface area contributed by atoms with Crippen molar-refractivity contribution in [3.8, 4) is 0 Å². The van der Waals surface area contributed by atoms with Crippen molar-refractivity contribution in [3.05, 3.63) is 35.9 Å². The standard InChI is InChI=1S/C15H17NO3/c17-13-7-6-12-11(13)8-9-16(15(12)19)14(18)10-4-2-1-3-5-10/h1-5,11-13,17H,6-9H2/t11-,12-,13-/m1/s1. The average Bonchev–Trinajstić information content (AvgIpc) is 2.82. The molecule has 2 amide bonds. The fourth-order valence-corrected chi connectivity index (χ4v) is 3.27. The first-order valence-electron chi connectivity index (χ1n) is 6.77. The van der Waals surface area contributed by atoms with Gasteiger partial charge in [0.15, 0.2) is 0 Å². The quantitative estimate of drug-likeness (QED) is 0.776. The monoisotopic (exact) mass is 259 g/mol. The van der Waals surface area contributed by atoms with E-state index in [0.717, 1.165) is 6.42 Å². The third-order valence-corrected chi connectivity index (χ3v) is 4.32. The van der Waals surface area contributed by atoms with Crippen LogP contribution in [0, 0.1) is 11.8 Å². The Morgan fingerprint density at radius 3 is 2.63 bits per heavy atom. The van der Waals surface area contributed by atoms with Crippen LogP contribution in [0.5, 0.6) is 0 Å². The van der Waals surface area contributed by atoms with Gasteiger partial charge in [-0.3, -0.25) is 14.5 Å². The Morgan fingerprint density at radius 1 is 1.16 bits per heavy atom. The SMILES string of the molecule is O=C(c1ccccc1)N1CC[C@H]2[C@H](O)CC[C@H]2C1=O. The fourth-order valence-electron chi connectivity index (χ4n) is 3.27. The van der Waals surface area contributed by atoms with E-state index in [1.165, 1.54) is 4.90 Å². The van der Waals surface area contributed by atoms with Gasteiger partial charge < -0.3 is 5.11 Å².